The molecular weight excluding hydrogens is 754 g/mol. The predicted molar refractivity (Wildman–Crippen MR) is 195 cm³/mol. The Kier molecular flexibility index (Phi) is 17.7. The van der Waals surface area contributed by atoms with Crippen LogP contribution in [-0.4, -0.2) is 107 Å². The average molecular weight is 798 g/mol. The van der Waals surface area contributed by atoms with Crippen molar-refractivity contribution in [1.82, 2.24) is 47.0 Å². The van der Waals surface area contributed by atoms with Gasteiger partial charge in [0, 0.05) is 49.7 Å². The van der Waals surface area contributed by atoms with E-state index in [2.05, 4.69) is 63.5 Å². The van der Waals surface area contributed by atoms with Gasteiger partial charge in [0.05, 0.1) is 13.2 Å². The first-order chi connectivity index (χ1) is 26.9. The molecule has 0 spiro atoms. The lowest BCUT2D eigenvalue weighted by Gasteiger charge is -2.24. The van der Waals surface area contributed by atoms with Gasteiger partial charge >= 0.3 is 12.2 Å². The highest BCUT2D eigenvalue weighted by Crippen LogP contribution is 2.13. The van der Waals surface area contributed by atoms with Gasteiger partial charge in [-0.1, -0.05) is 26.3 Å². The Morgan fingerprint density at radius 2 is 1.04 bits per heavy atom. The van der Waals surface area contributed by atoms with Crippen molar-refractivity contribution in [2.24, 2.45) is 0 Å². The van der Waals surface area contributed by atoms with E-state index >= 15 is 0 Å². The molecule has 306 valence electrons. The molecule has 22 nitrogen and oxygen atoms in total. The summed E-state index contributed by atoms with van der Waals surface area (Å²) in [7, 11) is 0. The third-order valence-electron chi connectivity index (χ3n) is 7.35. The summed E-state index contributed by atoms with van der Waals surface area (Å²) >= 11 is 0. The Morgan fingerprint density at radius 3 is 1.46 bits per heavy atom. The topological polar surface area (TPSA) is 297 Å². The fourth-order valence-electron chi connectivity index (χ4n) is 4.81. The lowest BCUT2D eigenvalue weighted by atomic mass is 10.1. The minimum atomic E-state index is -1.36. The highest BCUT2D eigenvalue weighted by molar-refractivity contribution is 6.19. The second-order valence-electron chi connectivity index (χ2n) is 11.7. The second-order valence-corrected chi connectivity index (χ2v) is 11.7. The molecule has 0 aromatic rings. The molecule has 0 aromatic carbocycles. The smallest absolute Gasteiger partial charge is 0.407 e. The van der Waals surface area contributed by atoms with Gasteiger partial charge in [0.1, 0.15) is 29.1 Å². The number of nitrogens with one attached hydrogen (secondary N) is 7. The van der Waals surface area contributed by atoms with Crippen LogP contribution in [0.3, 0.4) is 0 Å². The lowest BCUT2D eigenvalue weighted by molar-refractivity contribution is -0.138. The molecule has 1 unspecified atom stereocenters. The first-order valence-electron chi connectivity index (χ1n) is 17.1. The van der Waals surface area contributed by atoms with Crippen molar-refractivity contribution in [3.63, 3.8) is 0 Å². The quantitative estimate of drug-likeness (QED) is 0.0376. The Bertz CT molecular complexity index is 1690. The highest BCUT2D eigenvalue weighted by Gasteiger charge is 2.32. The maximum atomic E-state index is 13.5. The molecule has 0 radical (unpaired) electrons. The molecule has 7 N–H and O–H groups in total. The SMILES string of the molecule is C=C(NC(=O)CC(CC(=O)NC(=C)NC(=O)C(=C)N1C(=O)C=CC1=O)NC(=O)C(CCCCNC(=O)OCC)NC(=O)OCC)NC(=O)C(=C)N1C(=O)C=CC1=O. The predicted octanol–water partition coefficient (Wildman–Crippen LogP) is -1.43. The highest BCUT2D eigenvalue weighted by atomic mass is 16.6. The van der Waals surface area contributed by atoms with Crippen molar-refractivity contribution in [1.29, 1.82) is 0 Å². The fourth-order valence-corrected chi connectivity index (χ4v) is 4.81. The zero-order chi connectivity index (χ0) is 42.8. The fraction of sp³-hybridized carbons (Fsp3) is 0.343. The summed E-state index contributed by atoms with van der Waals surface area (Å²) in [6.45, 7) is 17.3. The van der Waals surface area contributed by atoms with E-state index in [4.69, 9.17) is 9.47 Å². The molecule has 2 aliphatic rings. The number of carbonyl (C=O) groups is 11. The van der Waals surface area contributed by atoms with Crippen molar-refractivity contribution in [3.8, 4) is 0 Å². The van der Waals surface area contributed by atoms with Crippen LogP contribution in [0.15, 0.2) is 73.7 Å². The maximum Gasteiger partial charge on any atom is 0.407 e. The standard InChI is InChI=1S/C35H43N9O13/c1-7-56-34(54)36-16-10-9-11-24(42-35(55)57-8-2)33(53)41-23(17-25(45)37-21(5)39-31(51)19(3)43-27(47)12-13-28(43)48)18-26(46)38-22(6)40-32(52)20(4)44-29(49)14-15-30(44)50/h12-15,23-24H,3-11,16-18H2,1-2H3,(H,36,54)(H,37,45)(H,38,46)(H,39,51)(H,40,52)(H,41,53)(H,42,55). The van der Waals surface area contributed by atoms with Gasteiger partial charge < -0.3 is 46.7 Å². The molecule has 2 rings (SSSR count). The molecule has 0 fully saturated rings. The molecular formula is C35H43N9O13. The number of unbranched alkanes of at least 4 members (excludes halogenated alkanes) is 1. The summed E-state index contributed by atoms with van der Waals surface area (Å²) in [6, 6.07) is -2.62. The molecule has 0 aromatic heterocycles. The second kappa shape index (κ2) is 22.1. The maximum absolute atomic E-state index is 13.5. The zero-order valence-corrected chi connectivity index (χ0v) is 31.2. The van der Waals surface area contributed by atoms with E-state index in [9.17, 15) is 52.7 Å². The number of imide groups is 2. The van der Waals surface area contributed by atoms with Crippen LogP contribution in [0.2, 0.25) is 0 Å². The molecule has 0 saturated carbocycles. The van der Waals surface area contributed by atoms with E-state index in [1.165, 1.54) is 6.92 Å². The molecule has 2 heterocycles. The monoisotopic (exact) mass is 797 g/mol. The minimum Gasteiger partial charge on any atom is -0.450 e. The lowest BCUT2D eigenvalue weighted by Crippen LogP contribution is -2.52. The van der Waals surface area contributed by atoms with Crippen LogP contribution in [0.4, 0.5) is 9.59 Å². The van der Waals surface area contributed by atoms with Gasteiger partial charge in [-0.15, -0.1) is 0 Å². The van der Waals surface area contributed by atoms with E-state index in [1.54, 1.807) is 6.92 Å². The number of rotatable bonds is 22. The third kappa shape index (κ3) is 14.8. The molecule has 0 saturated heterocycles. The molecule has 11 amide bonds. The van der Waals surface area contributed by atoms with E-state index in [-0.39, 0.29) is 32.6 Å². The van der Waals surface area contributed by atoms with Crippen molar-refractivity contribution >= 4 is 65.4 Å². The molecule has 22 heteroatoms. The van der Waals surface area contributed by atoms with E-state index in [1.807, 2.05) is 0 Å². The van der Waals surface area contributed by atoms with Crippen LogP contribution in [0.1, 0.15) is 46.0 Å². The van der Waals surface area contributed by atoms with Crippen molar-refractivity contribution in [2.45, 2.75) is 58.0 Å². The molecule has 0 bridgehead atoms. The minimum absolute atomic E-state index is 0.00873. The van der Waals surface area contributed by atoms with Crippen molar-refractivity contribution < 1.29 is 62.2 Å². The Labute approximate surface area is 325 Å². The number of carbonyl (C=O) groups excluding carboxylic acids is 11. The normalized spacial score (nSPS) is 13.4. The summed E-state index contributed by atoms with van der Waals surface area (Å²) in [6.07, 6.45) is 1.43. The number of hydrogen-bond donors (Lipinski definition) is 7. The van der Waals surface area contributed by atoms with Gasteiger partial charge in [-0.2, -0.15) is 0 Å². The Morgan fingerprint density at radius 1 is 0.614 bits per heavy atom. The summed E-state index contributed by atoms with van der Waals surface area (Å²) in [5, 5.41) is 16.2. The van der Waals surface area contributed by atoms with Crippen LogP contribution in [0.25, 0.3) is 0 Å². The Hall–Kier alpha value is -7.39. The van der Waals surface area contributed by atoms with Gasteiger partial charge in [0.25, 0.3) is 35.4 Å². The van der Waals surface area contributed by atoms with Gasteiger partial charge in [0.15, 0.2) is 0 Å². The van der Waals surface area contributed by atoms with Gasteiger partial charge in [-0.05, 0) is 33.1 Å². The van der Waals surface area contributed by atoms with Crippen LogP contribution in [0, 0.1) is 0 Å². The number of ether oxygens (including phenoxy) is 2. The average Bonchev–Trinajstić information content (AvgIpc) is 3.64. The van der Waals surface area contributed by atoms with Crippen LogP contribution in [-0.2, 0) is 52.6 Å². The molecule has 57 heavy (non-hydrogen) atoms. The van der Waals surface area contributed by atoms with E-state index in [0.717, 1.165) is 24.3 Å². The van der Waals surface area contributed by atoms with E-state index < -0.39 is 113 Å². The van der Waals surface area contributed by atoms with Gasteiger partial charge in [-0.25, -0.2) is 19.4 Å². The van der Waals surface area contributed by atoms with Crippen LogP contribution in [0.5, 0.6) is 0 Å². The van der Waals surface area contributed by atoms with E-state index in [0.29, 0.717) is 16.2 Å². The molecule has 2 aliphatic heterocycles. The number of amides is 11. The van der Waals surface area contributed by atoms with Crippen LogP contribution >= 0.6 is 0 Å². The molecule has 1 atom stereocenters. The summed E-state index contributed by atoms with van der Waals surface area (Å²) in [5.74, 6) is -9.01. The van der Waals surface area contributed by atoms with Crippen molar-refractivity contribution in [3.05, 3.63) is 73.7 Å². The summed E-state index contributed by atoms with van der Waals surface area (Å²) in [4.78, 5) is 137. The Balaban J connectivity index is 2.16. The number of alkyl carbamates (subject to hydrolysis) is 2. The van der Waals surface area contributed by atoms with Crippen molar-refractivity contribution in [2.75, 3.05) is 19.8 Å². The zero-order valence-electron chi connectivity index (χ0n) is 31.2. The first kappa shape index (κ1) is 45.8. The largest absolute Gasteiger partial charge is 0.450 e. The summed E-state index contributed by atoms with van der Waals surface area (Å²) < 4.78 is 9.68. The van der Waals surface area contributed by atoms with Gasteiger partial charge in [-0.3, -0.25) is 43.2 Å². The number of hydrogen-bond acceptors (Lipinski definition) is 13. The summed E-state index contributed by atoms with van der Waals surface area (Å²) in [5.41, 5.74) is -1.15. The number of nitrogens with zero attached hydrogens (tertiary/aromatic N) is 2. The van der Waals surface area contributed by atoms with Gasteiger partial charge in [0.2, 0.25) is 17.7 Å². The third-order valence-corrected chi connectivity index (χ3v) is 7.35. The van der Waals surface area contributed by atoms with Crippen LogP contribution < -0.4 is 37.2 Å². The first-order valence-corrected chi connectivity index (χ1v) is 17.1. The molecule has 0 aliphatic carbocycles.